The monoisotopic (exact) mass is 349 g/mol. The van der Waals surface area contributed by atoms with E-state index in [1.54, 1.807) is 24.3 Å². The molecular weight excluding hydrogens is 326 g/mol. The third kappa shape index (κ3) is 6.21. The summed E-state index contributed by atoms with van der Waals surface area (Å²) in [5, 5.41) is 11.6. The number of carbonyl (C=O) groups is 2. The Morgan fingerprint density at radius 2 is 2.04 bits per heavy atom. The van der Waals surface area contributed by atoms with Gasteiger partial charge in [-0.2, -0.15) is 0 Å². The zero-order valence-electron chi connectivity index (χ0n) is 14.2. The van der Waals surface area contributed by atoms with E-state index in [4.69, 9.17) is 19.3 Å². The van der Waals surface area contributed by atoms with Gasteiger partial charge in [-0.05, 0) is 43.2 Å². The number of carboxylic acids is 1. The number of rotatable bonds is 8. The van der Waals surface area contributed by atoms with Crippen molar-refractivity contribution in [3.05, 3.63) is 42.0 Å². The molecule has 0 aliphatic carbocycles. The first-order valence-corrected chi connectivity index (χ1v) is 8.05. The smallest absolute Gasteiger partial charge is 0.329 e. The fourth-order valence-corrected chi connectivity index (χ4v) is 2.39. The molecule has 1 fully saturated rings. The Labute approximate surface area is 146 Å². The Morgan fingerprint density at radius 1 is 1.32 bits per heavy atom. The van der Waals surface area contributed by atoms with Gasteiger partial charge in [0.25, 0.3) is 5.91 Å². The molecule has 0 aromatic heterocycles. The Bertz CT molecular complexity index is 612. The molecule has 136 valence electrons. The van der Waals surface area contributed by atoms with Gasteiger partial charge < -0.3 is 24.6 Å². The molecule has 7 nitrogen and oxygen atoms in total. The lowest BCUT2D eigenvalue weighted by Crippen LogP contribution is -2.51. The predicted octanol–water partition coefficient (Wildman–Crippen LogP) is 1.63. The van der Waals surface area contributed by atoms with Gasteiger partial charge in [0.05, 0.1) is 18.8 Å². The molecule has 1 heterocycles. The van der Waals surface area contributed by atoms with Crippen molar-refractivity contribution in [3.8, 4) is 5.75 Å². The van der Waals surface area contributed by atoms with Gasteiger partial charge in [-0.15, -0.1) is 0 Å². The summed E-state index contributed by atoms with van der Waals surface area (Å²) in [7, 11) is 0. The molecule has 2 atom stereocenters. The van der Waals surface area contributed by atoms with Crippen molar-refractivity contribution >= 4 is 11.9 Å². The average molecular weight is 349 g/mol. The summed E-state index contributed by atoms with van der Waals surface area (Å²) in [6, 6.07) is 6.38. The standard InChI is InChI=1S/C18H23NO6/c1-12(2)9-24-14-5-3-13(4-6-14)18(22)19-15-10-23-8-7-16(15)25-11-17(20)21/h3-6,15-16H,1,7-11H2,2H3,(H,19,22)(H,20,21)/t15-,16+/m1/s1. The number of carbonyl (C=O) groups excluding carboxylic acids is 1. The SMILES string of the molecule is C=C(C)COc1ccc(C(=O)N[C@@H]2COCC[C@@H]2OCC(=O)O)cc1. The maximum absolute atomic E-state index is 12.4. The fraction of sp³-hybridized carbons (Fsp3) is 0.444. The van der Waals surface area contributed by atoms with E-state index in [1.807, 2.05) is 6.92 Å². The first-order valence-electron chi connectivity index (χ1n) is 8.05. The largest absolute Gasteiger partial charge is 0.489 e. The highest BCUT2D eigenvalue weighted by Crippen LogP contribution is 2.15. The molecule has 0 saturated carbocycles. The van der Waals surface area contributed by atoms with Crippen molar-refractivity contribution in [1.82, 2.24) is 5.32 Å². The predicted molar refractivity (Wildman–Crippen MR) is 90.8 cm³/mol. The first-order chi connectivity index (χ1) is 12.0. The molecule has 25 heavy (non-hydrogen) atoms. The maximum Gasteiger partial charge on any atom is 0.329 e. The van der Waals surface area contributed by atoms with E-state index in [1.165, 1.54) is 0 Å². The van der Waals surface area contributed by atoms with Crippen LogP contribution in [0.3, 0.4) is 0 Å². The van der Waals surface area contributed by atoms with Crippen LogP contribution < -0.4 is 10.1 Å². The van der Waals surface area contributed by atoms with Crippen molar-refractivity contribution in [2.75, 3.05) is 26.4 Å². The van der Waals surface area contributed by atoms with Crippen molar-refractivity contribution in [3.63, 3.8) is 0 Å². The van der Waals surface area contributed by atoms with Gasteiger partial charge in [-0.25, -0.2) is 4.79 Å². The summed E-state index contributed by atoms with van der Waals surface area (Å²) in [5.74, 6) is -0.656. The second kappa shape index (κ2) is 9.19. The fourth-order valence-electron chi connectivity index (χ4n) is 2.39. The van der Waals surface area contributed by atoms with Crippen molar-refractivity contribution in [2.24, 2.45) is 0 Å². The Morgan fingerprint density at radius 3 is 2.68 bits per heavy atom. The minimum atomic E-state index is -1.04. The van der Waals surface area contributed by atoms with E-state index in [2.05, 4.69) is 11.9 Å². The highest BCUT2D eigenvalue weighted by atomic mass is 16.5. The molecule has 2 N–H and O–H groups in total. The van der Waals surface area contributed by atoms with Crippen LogP contribution in [0.5, 0.6) is 5.75 Å². The molecule has 0 unspecified atom stereocenters. The van der Waals surface area contributed by atoms with Crippen LogP contribution in [0.2, 0.25) is 0 Å². The molecule has 2 rings (SSSR count). The lowest BCUT2D eigenvalue weighted by atomic mass is 10.1. The highest BCUT2D eigenvalue weighted by molar-refractivity contribution is 5.94. The lowest BCUT2D eigenvalue weighted by Gasteiger charge is -2.31. The van der Waals surface area contributed by atoms with Gasteiger partial charge in [0.2, 0.25) is 0 Å². The second-order valence-electron chi connectivity index (χ2n) is 5.96. The number of benzene rings is 1. The molecular formula is C18H23NO6. The molecule has 1 aliphatic rings. The maximum atomic E-state index is 12.4. The number of ether oxygens (including phenoxy) is 3. The number of amides is 1. The van der Waals surface area contributed by atoms with Crippen LogP contribution in [0.4, 0.5) is 0 Å². The normalized spacial score (nSPS) is 19.9. The minimum absolute atomic E-state index is 0.272. The number of hydrogen-bond acceptors (Lipinski definition) is 5. The van der Waals surface area contributed by atoms with E-state index in [-0.39, 0.29) is 24.7 Å². The van der Waals surface area contributed by atoms with Gasteiger partial charge in [0, 0.05) is 12.2 Å². The average Bonchev–Trinajstić information content (AvgIpc) is 2.59. The third-order valence-corrected chi connectivity index (χ3v) is 3.63. The second-order valence-corrected chi connectivity index (χ2v) is 5.96. The number of carboxylic acid groups (broad SMARTS) is 1. The minimum Gasteiger partial charge on any atom is -0.489 e. The molecule has 0 radical (unpaired) electrons. The molecule has 0 spiro atoms. The Balaban J connectivity index is 1.92. The van der Waals surface area contributed by atoms with E-state index >= 15 is 0 Å². The first kappa shape index (κ1) is 19.0. The van der Waals surface area contributed by atoms with E-state index in [0.717, 1.165) is 5.57 Å². The van der Waals surface area contributed by atoms with Crippen LogP contribution in [-0.4, -0.2) is 55.6 Å². The van der Waals surface area contributed by atoms with Crippen molar-refractivity contribution in [1.29, 1.82) is 0 Å². The zero-order chi connectivity index (χ0) is 18.2. The molecule has 0 bridgehead atoms. The summed E-state index contributed by atoms with van der Waals surface area (Å²) in [5.41, 5.74) is 1.39. The summed E-state index contributed by atoms with van der Waals surface area (Å²) in [6.07, 6.45) is 0.151. The summed E-state index contributed by atoms with van der Waals surface area (Å²) < 4.78 is 16.2. The molecule has 7 heteroatoms. The third-order valence-electron chi connectivity index (χ3n) is 3.63. The molecule has 1 aromatic carbocycles. The van der Waals surface area contributed by atoms with E-state index < -0.39 is 12.6 Å². The zero-order valence-corrected chi connectivity index (χ0v) is 14.2. The van der Waals surface area contributed by atoms with Gasteiger partial charge in [0.1, 0.15) is 19.0 Å². The summed E-state index contributed by atoms with van der Waals surface area (Å²) in [4.78, 5) is 23.0. The molecule has 1 aliphatic heterocycles. The van der Waals surface area contributed by atoms with Crippen LogP contribution in [0.25, 0.3) is 0 Å². The summed E-state index contributed by atoms with van der Waals surface area (Å²) >= 11 is 0. The molecule has 1 aromatic rings. The quantitative estimate of drug-likeness (QED) is 0.693. The molecule has 1 amide bonds. The van der Waals surface area contributed by atoms with Crippen molar-refractivity contribution < 1.29 is 28.9 Å². The molecule has 1 saturated heterocycles. The Hall–Kier alpha value is -2.38. The van der Waals surface area contributed by atoms with Crippen LogP contribution in [0.1, 0.15) is 23.7 Å². The van der Waals surface area contributed by atoms with Crippen molar-refractivity contribution in [2.45, 2.75) is 25.5 Å². The van der Waals surface area contributed by atoms with Crippen LogP contribution in [-0.2, 0) is 14.3 Å². The van der Waals surface area contributed by atoms with Gasteiger partial charge >= 0.3 is 5.97 Å². The number of aliphatic carboxylic acids is 1. The van der Waals surface area contributed by atoms with Gasteiger partial charge in [-0.1, -0.05) is 6.58 Å². The topological polar surface area (TPSA) is 94.1 Å². The number of hydrogen-bond donors (Lipinski definition) is 2. The lowest BCUT2D eigenvalue weighted by molar-refractivity contribution is -0.147. The van der Waals surface area contributed by atoms with E-state index in [9.17, 15) is 9.59 Å². The van der Waals surface area contributed by atoms with E-state index in [0.29, 0.717) is 30.9 Å². The number of nitrogens with one attached hydrogen (secondary N) is 1. The van der Waals surface area contributed by atoms with Gasteiger partial charge in [0.15, 0.2) is 0 Å². The van der Waals surface area contributed by atoms with Crippen LogP contribution in [0, 0.1) is 0 Å². The summed E-state index contributed by atoms with van der Waals surface area (Å²) in [6.45, 7) is 6.43. The Kier molecular flexibility index (Phi) is 6.97. The van der Waals surface area contributed by atoms with Crippen LogP contribution in [0.15, 0.2) is 36.4 Å². The van der Waals surface area contributed by atoms with Gasteiger partial charge in [-0.3, -0.25) is 4.79 Å². The highest BCUT2D eigenvalue weighted by Gasteiger charge is 2.28. The van der Waals surface area contributed by atoms with Crippen LogP contribution >= 0.6 is 0 Å².